The zero-order valence-corrected chi connectivity index (χ0v) is 25.3. The number of hydrogen-bond donors (Lipinski definition) is 0. The lowest BCUT2D eigenvalue weighted by Crippen LogP contribution is -2.02. The van der Waals surface area contributed by atoms with Gasteiger partial charge in [0, 0.05) is 33.0 Å². The summed E-state index contributed by atoms with van der Waals surface area (Å²) in [7, 11) is 0. The van der Waals surface area contributed by atoms with E-state index in [1.165, 1.54) is 22.8 Å². The van der Waals surface area contributed by atoms with Crippen LogP contribution in [0, 0.1) is 0 Å². The summed E-state index contributed by atoms with van der Waals surface area (Å²) in [5, 5.41) is -0.663. The van der Waals surface area contributed by atoms with Crippen molar-refractivity contribution in [1.82, 2.24) is 19.5 Å². The number of aromatic nitrogens is 4. The molecular weight excluding hydrogens is 597 g/mol. The van der Waals surface area contributed by atoms with Crippen molar-refractivity contribution in [2.24, 2.45) is 0 Å². The van der Waals surface area contributed by atoms with E-state index in [4.69, 9.17) is 34.1 Å². The monoisotopic (exact) mass is 643 g/mol. The largest absolute Gasteiger partial charge is 0.309 e. The minimum atomic E-state index is -0.795. The highest BCUT2D eigenvalue weighted by Gasteiger charge is 2.20. The summed E-state index contributed by atoms with van der Waals surface area (Å²) in [6.07, 6.45) is 0. The molecule has 0 amide bonds. The van der Waals surface area contributed by atoms with E-state index in [0.29, 0.717) is 11.1 Å². The zero-order valence-electron chi connectivity index (χ0n) is 42.3. The van der Waals surface area contributed by atoms with Gasteiger partial charge in [-0.2, -0.15) is 0 Å². The number of hydrogen-bond acceptors (Lipinski definition) is 3. The van der Waals surface area contributed by atoms with E-state index in [2.05, 4.69) is 0 Å². The van der Waals surface area contributed by atoms with Crippen LogP contribution in [0.5, 0.6) is 0 Å². The maximum absolute atomic E-state index is 9.40. The average Bonchev–Trinajstić information content (AvgIpc) is 3.69. The van der Waals surface area contributed by atoms with Crippen LogP contribution in [-0.4, -0.2) is 19.5 Å². The van der Waals surface area contributed by atoms with Crippen molar-refractivity contribution in [2.75, 3.05) is 0 Å². The molecule has 0 radical (unpaired) electrons. The molecule has 0 unspecified atom stereocenters. The molecule has 0 saturated carbocycles. The summed E-state index contributed by atoms with van der Waals surface area (Å²) in [6, 6.07) is 10.1. The Labute approximate surface area is 308 Å². The second kappa shape index (κ2) is 12.2. The highest BCUT2D eigenvalue weighted by Crippen LogP contribution is 2.41. The van der Waals surface area contributed by atoms with Crippen LogP contribution in [0.25, 0.3) is 83.9 Å². The van der Waals surface area contributed by atoms with Crippen molar-refractivity contribution in [2.45, 2.75) is 0 Å². The summed E-state index contributed by atoms with van der Waals surface area (Å²) in [6.45, 7) is 0. The average molecular weight is 644 g/mol. The van der Waals surface area contributed by atoms with Gasteiger partial charge in [0.15, 0.2) is 17.5 Å². The highest BCUT2D eigenvalue weighted by molar-refractivity contribution is 6.16. The molecule has 4 nitrogen and oxygen atoms in total. The third kappa shape index (κ3) is 5.16. The molecule has 0 aliphatic heterocycles. The molecule has 9 rings (SSSR count). The van der Waals surface area contributed by atoms with E-state index >= 15 is 0 Å². The Bertz CT molecular complexity index is 3450. The van der Waals surface area contributed by atoms with Gasteiger partial charge in [-0.05, 0) is 47.0 Å². The number of benzene rings is 7. The first kappa shape index (κ1) is 16.0. The Morgan fingerprint density at radius 2 is 0.939 bits per heavy atom. The van der Waals surface area contributed by atoms with Gasteiger partial charge in [-0.3, -0.25) is 0 Å². The number of rotatable bonds is 6. The number of nitrogens with zero attached hydrogens (tertiary/aromatic N) is 4. The molecule has 0 N–H and O–H groups in total. The van der Waals surface area contributed by atoms with Crippen LogP contribution in [0.2, 0.25) is 0 Å². The normalized spacial score (nSPS) is 16.1. The number of para-hydroxylation sites is 1. The van der Waals surface area contributed by atoms with Gasteiger partial charge in [-0.1, -0.05) is 151 Å². The van der Waals surface area contributed by atoms with E-state index in [1.807, 2.05) is 36.4 Å². The fourth-order valence-electron chi connectivity index (χ4n) is 5.77. The van der Waals surface area contributed by atoms with Crippen LogP contribution in [0.4, 0.5) is 0 Å². The van der Waals surface area contributed by atoms with Crippen LogP contribution < -0.4 is 0 Å². The minimum absolute atomic E-state index is 0.0870. The Kier molecular flexibility index (Phi) is 3.97. The first-order valence-electron chi connectivity index (χ1n) is 23.6. The number of fused-ring (bicyclic) bond motifs is 3. The molecule has 4 heteroatoms. The van der Waals surface area contributed by atoms with E-state index in [-0.39, 0.29) is 61.7 Å². The van der Waals surface area contributed by atoms with Crippen LogP contribution in [0.15, 0.2) is 182 Å². The smallest absolute Gasteiger partial charge is 0.164 e. The molecule has 230 valence electrons. The molecule has 7 aromatic carbocycles. The Hall–Kier alpha value is -6.65. The predicted molar refractivity (Wildman–Crippen MR) is 201 cm³/mol. The van der Waals surface area contributed by atoms with Crippen molar-refractivity contribution in [1.29, 1.82) is 0 Å². The topological polar surface area (TPSA) is 43.6 Å². The SMILES string of the molecule is [2H]c1c([2H])c([2H])c(-c2cc(-c3nc(-c4ccccc4)nc(-c4ccccc4)n3)ccc2-n2c3c([2H])c([2H])c([2H])c([2H])c3c3c(-c4c([2H])c([2H])c([2H])c([2H])c4[2H])c([2H])c([2H])c([2H])c32)c([2H])c1[2H]. The quantitative estimate of drug-likeness (QED) is 0.181. The van der Waals surface area contributed by atoms with Crippen LogP contribution in [0.3, 0.4) is 0 Å². The highest BCUT2D eigenvalue weighted by atomic mass is 15.0. The summed E-state index contributed by atoms with van der Waals surface area (Å²) in [4.78, 5) is 14.3. The van der Waals surface area contributed by atoms with E-state index < -0.39 is 114 Å². The Morgan fingerprint density at radius 1 is 0.408 bits per heavy atom. The van der Waals surface area contributed by atoms with Crippen molar-refractivity contribution >= 4 is 21.8 Å². The molecule has 9 aromatic rings. The lowest BCUT2D eigenvalue weighted by atomic mass is 9.99. The molecule has 0 spiro atoms. The van der Waals surface area contributed by atoms with Crippen molar-refractivity contribution in [3.63, 3.8) is 0 Å². The van der Waals surface area contributed by atoms with Gasteiger partial charge in [0.25, 0.3) is 0 Å². The molecule has 2 heterocycles. The molecular formula is C45H30N4. The van der Waals surface area contributed by atoms with Crippen LogP contribution >= 0.6 is 0 Å². The molecule has 0 atom stereocenters. The lowest BCUT2D eigenvalue weighted by Gasteiger charge is -2.16. The second-order valence-corrected chi connectivity index (χ2v) is 10.8. The van der Waals surface area contributed by atoms with E-state index in [9.17, 15) is 4.11 Å². The maximum atomic E-state index is 9.40. The Balaban J connectivity index is 1.49. The second-order valence-electron chi connectivity index (χ2n) is 10.8. The summed E-state index contributed by atoms with van der Waals surface area (Å²) in [5.74, 6) is 0.642. The lowest BCUT2D eigenvalue weighted by molar-refractivity contribution is 1.07. The third-order valence-electron chi connectivity index (χ3n) is 7.93. The van der Waals surface area contributed by atoms with Crippen molar-refractivity contribution in [3.8, 4) is 62.1 Å². The van der Waals surface area contributed by atoms with Crippen molar-refractivity contribution < 1.29 is 23.3 Å². The molecule has 0 bridgehead atoms. The predicted octanol–water partition coefficient (Wildman–Crippen LogP) is 11.3. The fraction of sp³-hybridized carbons (Fsp3) is 0. The fourth-order valence-corrected chi connectivity index (χ4v) is 5.77. The van der Waals surface area contributed by atoms with Gasteiger partial charge in [0.05, 0.1) is 40.0 Å². The summed E-state index contributed by atoms with van der Waals surface area (Å²) < 4.78 is 152. The van der Waals surface area contributed by atoms with Gasteiger partial charge in [0.1, 0.15) is 0 Å². The molecule has 49 heavy (non-hydrogen) atoms. The van der Waals surface area contributed by atoms with Gasteiger partial charge < -0.3 is 4.57 Å². The van der Waals surface area contributed by atoms with E-state index in [1.54, 1.807) is 24.3 Å². The van der Waals surface area contributed by atoms with Gasteiger partial charge in [-0.25, -0.2) is 15.0 Å². The van der Waals surface area contributed by atoms with Gasteiger partial charge in [-0.15, -0.1) is 0 Å². The van der Waals surface area contributed by atoms with E-state index in [0.717, 1.165) is 0 Å². The Morgan fingerprint density at radius 3 is 1.57 bits per heavy atom. The molecule has 0 saturated heterocycles. The van der Waals surface area contributed by atoms with Gasteiger partial charge >= 0.3 is 0 Å². The molecule has 0 aliphatic rings. The maximum Gasteiger partial charge on any atom is 0.164 e. The standard InChI is InChI=1S/C45H30N4/c1-5-16-31(17-6-1)36-25-15-27-41-42(36)37-24-13-14-26-39(37)49(41)40-29-28-35(30-38(40)32-18-7-2-8-19-32)45-47-43(33-20-9-3-10-21-33)46-44(48-45)34-22-11-4-12-23-34/h1-30H/i1D,2D,5D,6D,7D,8D,13D,14D,15D,16D,17D,18D,19D,24D,25D,26D,27D. The first-order chi connectivity index (χ1) is 31.4. The summed E-state index contributed by atoms with van der Waals surface area (Å²) in [5.41, 5.74) is -0.863. The van der Waals surface area contributed by atoms with Gasteiger partial charge in [0.2, 0.25) is 0 Å². The van der Waals surface area contributed by atoms with Crippen LogP contribution in [-0.2, 0) is 0 Å². The molecule has 0 fully saturated rings. The minimum Gasteiger partial charge on any atom is -0.309 e. The van der Waals surface area contributed by atoms with Crippen LogP contribution in [0.1, 0.15) is 23.3 Å². The molecule has 0 aliphatic carbocycles. The first-order valence-corrected chi connectivity index (χ1v) is 15.1. The zero-order chi connectivity index (χ0) is 47.4. The molecule has 2 aromatic heterocycles. The third-order valence-corrected chi connectivity index (χ3v) is 7.93. The summed E-state index contributed by atoms with van der Waals surface area (Å²) >= 11 is 0. The van der Waals surface area contributed by atoms with Crippen molar-refractivity contribution in [3.05, 3.63) is 182 Å².